The summed E-state index contributed by atoms with van der Waals surface area (Å²) >= 11 is 0. The highest BCUT2D eigenvalue weighted by molar-refractivity contribution is 5.79. The van der Waals surface area contributed by atoms with Crippen LogP contribution < -0.4 is 16.0 Å². The molecule has 220 valence electrons. The first-order valence-corrected chi connectivity index (χ1v) is 14.6. The van der Waals surface area contributed by atoms with E-state index < -0.39 is 29.8 Å². The molecule has 0 bridgehead atoms. The first kappa shape index (κ1) is 32.4. The number of alkyl carbamates (subject to hydrolysis) is 2. The first-order chi connectivity index (χ1) is 18.6. The van der Waals surface area contributed by atoms with Crippen molar-refractivity contribution in [3.63, 3.8) is 0 Å². The molecular formula is C30H49N3O6. The number of hydrogen-bond acceptors (Lipinski definition) is 6. The van der Waals surface area contributed by atoms with E-state index in [-0.39, 0.29) is 19.6 Å². The minimum absolute atomic E-state index is 0.0548. The van der Waals surface area contributed by atoms with Crippen molar-refractivity contribution in [2.24, 2.45) is 0 Å². The van der Waals surface area contributed by atoms with Gasteiger partial charge in [0.2, 0.25) is 0 Å². The highest BCUT2D eigenvalue weighted by atomic mass is 16.6. The maximum absolute atomic E-state index is 11.7. The molecule has 2 aliphatic rings. The second-order valence-electron chi connectivity index (χ2n) is 11.5. The third-order valence-electron chi connectivity index (χ3n) is 6.82. The molecule has 0 radical (unpaired) electrons. The fraction of sp³-hybridized carbons (Fsp3) is 0.700. The van der Waals surface area contributed by atoms with Gasteiger partial charge in [-0.05, 0) is 64.9 Å². The molecule has 4 N–H and O–H groups in total. The summed E-state index contributed by atoms with van der Waals surface area (Å²) in [5, 5.41) is 17.9. The molecule has 0 saturated heterocycles. The van der Waals surface area contributed by atoms with Crippen LogP contribution in [0.1, 0.15) is 103 Å². The van der Waals surface area contributed by atoms with Crippen molar-refractivity contribution in [2.75, 3.05) is 6.54 Å². The fourth-order valence-electron chi connectivity index (χ4n) is 4.85. The van der Waals surface area contributed by atoms with Crippen LogP contribution in [-0.4, -0.2) is 53.5 Å². The summed E-state index contributed by atoms with van der Waals surface area (Å²) in [7, 11) is 0. The fourth-order valence-corrected chi connectivity index (χ4v) is 4.85. The lowest BCUT2D eigenvalue weighted by Crippen LogP contribution is -2.41. The highest BCUT2D eigenvalue weighted by Gasteiger charge is 2.21. The molecule has 9 nitrogen and oxygen atoms in total. The molecule has 2 amide bonds. The van der Waals surface area contributed by atoms with Gasteiger partial charge in [-0.25, -0.2) is 14.4 Å². The molecule has 1 aromatic rings. The van der Waals surface area contributed by atoms with Crippen LogP contribution in [0, 0.1) is 0 Å². The molecule has 0 aliphatic heterocycles. The molecule has 1 atom stereocenters. The summed E-state index contributed by atoms with van der Waals surface area (Å²) in [4.78, 5) is 34.5. The molecule has 2 fully saturated rings. The summed E-state index contributed by atoms with van der Waals surface area (Å²) in [6, 6.07) is 9.71. The lowest BCUT2D eigenvalue weighted by molar-refractivity contribution is -0.139. The Labute approximate surface area is 233 Å². The van der Waals surface area contributed by atoms with Crippen molar-refractivity contribution in [1.29, 1.82) is 0 Å². The van der Waals surface area contributed by atoms with Crippen molar-refractivity contribution < 1.29 is 29.0 Å². The van der Waals surface area contributed by atoms with Crippen LogP contribution in [0.4, 0.5) is 9.59 Å². The second-order valence-corrected chi connectivity index (χ2v) is 11.5. The summed E-state index contributed by atoms with van der Waals surface area (Å²) in [5.74, 6) is -1.17. The minimum Gasteiger partial charge on any atom is -0.480 e. The zero-order valence-electron chi connectivity index (χ0n) is 24.0. The second kappa shape index (κ2) is 17.7. The zero-order chi connectivity index (χ0) is 28.5. The molecule has 0 heterocycles. The normalized spacial score (nSPS) is 17.2. The SMILES string of the molecule is C1CCC(NC2CCCCC2)CC1.CC(C)(C)OC(=O)NCCCC(NC(=O)OCc1ccccc1)C(=O)O. The molecule has 39 heavy (non-hydrogen) atoms. The first-order valence-electron chi connectivity index (χ1n) is 14.6. The van der Waals surface area contributed by atoms with Gasteiger partial charge < -0.3 is 30.5 Å². The molecule has 1 aromatic carbocycles. The van der Waals surface area contributed by atoms with Crippen LogP contribution in [0.2, 0.25) is 0 Å². The summed E-state index contributed by atoms with van der Waals surface area (Å²) in [6.07, 6.45) is 13.7. The summed E-state index contributed by atoms with van der Waals surface area (Å²) < 4.78 is 10.1. The number of benzene rings is 1. The van der Waals surface area contributed by atoms with Gasteiger partial charge in [0.05, 0.1) is 0 Å². The van der Waals surface area contributed by atoms with Crippen LogP contribution in [-0.2, 0) is 20.9 Å². The standard InChI is InChI=1S/C18H26N2O6.C12H23N/c1-18(2,3)26-16(23)19-11-7-10-14(15(21)22)20-17(24)25-12-13-8-5-4-6-9-13;1-3-7-11(8-4-1)13-12-9-5-2-6-10-12/h4-6,8-9,14H,7,10-12H2,1-3H3,(H,19,23)(H,20,24)(H,21,22);11-13H,1-10H2. The van der Waals surface area contributed by atoms with E-state index in [0.717, 1.165) is 17.6 Å². The summed E-state index contributed by atoms with van der Waals surface area (Å²) in [5.41, 5.74) is 0.202. The predicted octanol–water partition coefficient (Wildman–Crippen LogP) is 5.91. The van der Waals surface area contributed by atoms with E-state index in [1.165, 1.54) is 64.2 Å². The Bertz CT molecular complexity index is 830. The average molecular weight is 548 g/mol. The number of aliphatic carboxylic acids is 1. The van der Waals surface area contributed by atoms with E-state index in [0.29, 0.717) is 6.42 Å². The van der Waals surface area contributed by atoms with E-state index >= 15 is 0 Å². The van der Waals surface area contributed by atoms with Crippen LogP contribution in [0.25, 0.3) is 0 Å². The van der Waals surface area contributed by atoms with E-state index in [2.05, 4.69) is 16.0 Å². The van der Waals surface area contributed by atoms with Crippen molar-refractivity contribution in [1.82, 2.24) is 16.0 Å². The van der Waals surface area contributed by atoms with Crippen LogP contribution in [0.3, 0.4) is 0 Å². The van der Waals surface area contributed by atoms with Crippen LogP contribution >= 0.6 is 0 Å². The molecule has 2 saturated carbocycles. The largest absolute Gasteiger partial charge is 0.480 e. The third-order valence-corrected chi connectivity index (χ3v) is 6.82. The van der Waals surface area contributed by atoms with Gasteiger partial charge in [0.25, 0.3) is 0 Å². The maximum Gasteiger partial charge on any atom is 0.408 e. The van der Waals surface area contributed by atoms with Crippen molar-refractivity contribution in [3.8, 4) is 0 Å². The number of amides is 2. The summed E-state index contributed by atoms with van der Waals surface area (Å²) in [6.45, 7) is 5.53. The van der Waals surface area contributed by atoms with Crippen LogP contribution in [0.15, 0.2) is 30.3 Å². The smallest absolute Gasteiger partial charge is 0.408 e. The molecule has 3 rings (SSSR count). The number of hydrogen-bond donors (Lipinski definition) is 4. The lowest BCUT2D eigenvalue weighted by atomic mass is 9.91. The highest BCUT2D eigenvalue weighted by Crippen LogP contribution is 2.22. The number of rotatable bonds is 10. The number of carbonyl (C=O) groups excluding carboxylic acids is 2. The number of nitrogens with one attached hydrogen (secondary N) is 3. The number of carboxylic acid groups (broad SMARTS) is 1. The maximum atomic E-state index is 11.7. The monoisotopic (exact) mass is 547 g/mol. The Hall–Kier alpha value is -2.81. The van der Waals surface area contributed by atoms with E-state index in [1.54, 1.807) is 32.9 Å². The Morgan fingerprint density at radius 1 is 0.897 bits per heavy atom. The average Bonchev–Trinajstić information content (AvgIpc) is 2.90. The van der Waals surface area contributed by atoms with Crippen molar-refractivity contribution in [3.05, 3.63) is 35.9 Å². The number of carboxylic acids is 1. The van der Waals surface area contributed by atoms with Crippen molar-refractivity contribution in [2.45, 2.75) is 128 Å². The quantitative estimate of drug-likeness (QED) is 0.268. The Kier molecular flexibility index (Phi) is 14.7. The molecule has 2 aliphatic carbocycles. The molecule has 0 aromatic heterocycles. The number of carbonyl (C=O) groups is 3. The van der Waals surface area contributed by atoms with Gasteiger partial charge in [0, 0.05) is 18.6 Å². The molecular weight excluding hydrogens is 498 g/mol. The van der Waals surface area contributed by atoms with E-state index in [4.69, 9.17) is 9.47 Å². The van der Waals surface area contributed by atoms with Gasteiger partial charge >= 0.3 is 18.2 Å². The lowest BCUT2D eigenvalue weighted by Gasteiger charge is -2.30. The van der Waals surface area contributed by atoms with Gasteiger partial charge in [-0.2, -0.15) is 0 Å². The topological polar surface area (TPSA) is 126 Å². The molecule has 1 unspecified atom stereocenters. The predicted molar refractivity (Wildman–Crippen MR) is 152 cm³/mol. The Morgan fingerprint density at radius 2 is 1.46 bits per heavy atom. The van der Waals surface area contributed by atoms with Gasteiger partial charge in [-0.1, -0.05) is 68.9 Å². The Balaban J connectivity index is 0.000000338. The third kappa shape index (κ3) is 15.4. The van der Waals surface area contributed by atoms with E-state index in [9.17, 15) is 19.5 Å². The van der Waals surface area contributed by atoms with Crippen LogP contribution in [0.5, 0.6) is 0 Å². The van der Waals surface area contributed by atoms with Crippen molar-refractivity contribution >= 4 is 18.2 Å². The van der Waals surface area contributed by atoms with Gasteiger partial charge in [0.1, 0.15) is 18.2 Å². The molecule has 0 spiro atoms. The van der Waals surface area contributed by atoms with Gasteiger partial charge in [-0.15, -0.1) is 0 Å². The minimum atomic E-state index is -1.17. The van der Waals surface area contributed by atoms with E-state index in [1.807, 2.05) is 18.2 Å². The number of ether oxygens (including phenoxy) is 2. The van der Waals surface area contributed by atoms with Gasteiger partial charge in [0.15, 0.2) is 0 Å². The zero-order valence-corrected chi connectivity index (χ0v) is 24.0. The Morgan fingerprint density at radius 3 is 1.97 bits per heavy atom. The van der Waals surface area contributed by atoms with Gasteiger partial charge in [-0.3, -0.25) is 0 Å². The molecule has 9 heteroatoms.